The Morgan fingerprint density at radius 2 is 2.40 bits per heavy atom. The zero-order chi connectivity index (χ0) is 7.82. The molecule has 0 spiro atoms. The van der Waals surface area contributed by atoms with Crippen LogP contribution in [0.15, 0.2) is 0 Å². The fourth-order valence-electron chi connectivity index (χ4n) is 0.355. The van der Waals surface area contributed by atoms with Crippen molar-refractivity contribution in [2.45, 2.75) is 6.92 Å². The molecule has 0 amide bonds. The van der Waals surface area contributed by atoms with Crippen molar-refractivity contribution >= 4 is 5.97 Å². The Labute approximate surface area is 60.8 Å². The van der Waals surface area contributed by atoms with Crippen LogP contribution in [0.25, 0.3) is 0 Å². The van der Waals surface area contributed by atoms with Crippen molar-refractivity contribution in [1.82, 2.24) is 5.32 Å². The first-order valence-corrected chi connectivity index (χ1v) is 3.08. The molecule has 0 heterocycles. The van der Waals surface area contributed by atoms with Gasteiger partial charge in [0.2, 0.25) is 0 Å². The summed E-state index contributed by atoms with van der Waals surface area (Å²) in [6.07, 6.45) is 0. The van der Waals surface area contributed by atoms with Gasteiger partial charge in [0.25, 0.3) is 0 Å². The fourth-order valence-corrected chi connectivity index (χ4v) is 0.355. The number of rotatable bonds is 2. The Bertz CT molecular complexity index is 155. The van der Waals surface area contributed by atoms with Gasteiger partial charge in [0.05, 0.1) is 13.7 Å². The topological polar surface area (TPSA) is 38.3 Å². The van der Waals surface area contributed by atoms with Crippen LogP contribution in [-0.2, 0) is 9.53 Å². The first kappa shape index (κ1) is 8.99. The van der Waals surface area contributed by atoms with Gasteiger partial charge in [-0.3, -0.25) is 0 Å². The fraction of sp³-hybridized carbons (Fsp3) is 0.571. The van der Waals surface area contributed by atoms with Gasteiger partial charge >= 0.3 is 5.97 Å². The summed E-state index contributed by atoms with van der Waals surface area (Å²) in [5, 5.41) is 2.95. The predicted molar refractivity (Wildman–Crippen MR) is 38.3 cm³/mol. The number of carbonyl (C=O) groups excluding carboxylic acids is 1. The minimum atomic E-state index is -0.488. The van der Waals surface area contributed by atoms with E-state index in [-0.39, 0.29) is 0 Å². The van der Waals surface area contributed by atoms with Crippen LogP contribution in [0.2, 0.25) is 0 Å². The number of nitrogens with one attached hydrogen (secondary N) is 1. The molecular weight excluding hydrogens is 130 g/mol. The van der Waals surface area contributed by atoms with Crippen LogP contribution in [0.4, 0.5) is 0 Å². The molecule has 0 bridgehead atoms. The maximum absolute atomic E-state index is 10.4. The van der Waals surface area contributed by atoms with Gasteiger partial charge in [0.15, 0.2) is 0 Å². The molecule has 0 aromatic carbocycles. The van der Waals surface area contributed by atoms with Gasteiger partial charge in [0.1, 0.15) is 0 Å². The minimum absolute atomic E-state index is 0.488. The Kier molecular flexibility index (Phi) is 5.50. The Morgan fingerprint density at radius 1 is 1.70 bits per heavy atom. The highest BCUT2D eigenvalue weighted by molar-refractivity contribution is 5.88. The van der Waals surface area contributed by atoms with Crippen molar-refractivity contribution in [3.63, 3.8) is 0 Å². The van der Waals surface area contributed by atoms with Crippen molar-refractivity contribution in [3.05, 3.63) is 0 Å². The van der Waals surface area contributed by atoms with Crippen LogP contribution in [-0.4, -0.2) is 26.2 Å². The number of carbonyl (C=O) groups is 1. The molecule has 0 aliphatic rings. The van der Waals surface area contributed by atoms with E-state index in [1.54, 1.807) is 0 Å². The van der Waals surface area contributed by atoms with Gasteiger partial charge in [-0.25, -0.2) is 4.79 Å². The lowest BCUT2D eigenvalue weighted by molar-refractivity contribution is -0.133. The van der Waals surface area contributed by atoms with Gasteiger partial charge in [0, 0.05) is 5.92 Å². The van der Waals surface area contributed by atoms with E-state index in [9.17, 15) is 4.79 Å². The number of ether oxygens (including phenoxy) is 1. The van der Waals surface area contributed by atoms with Crippen molar-refractivity contribution in [3.8, 4) is 11.8 Å². The zero-order valence-corrected chi connectivity index (χ0v) is 6.23. The second-order valence-corrected chi connectivity index (χ2v) is 1.57. The van der Waals surface area contributed by atoms with Gasteiger partial charge < -0.3 is 10.1 Å². The molecule has 0 saturated carbocycles. The molecular formula is C7H11NO2. The van der Waals surface area contributed by atoms with Crippen LogP contribution < -0.4 is 5.32 Å². The number of hydrogen-bond donors (Lipinski definition) is 1. The molecule has 0 unspecified atom stereocenters. The van der Waals surface area contributed by atoms with Gasteiger partial charge in [-0.1, -0.05) is 12.8 Å². The molecule has 0 saturated heterocycles. The van der Waals surface area contributed by atoms with E-state index in [0.717, 1.165) is 6.54 Å². The van der Waals surface area contributed by atoms with Crippen LogP contribution in [0.1, 0.15) is 6.92 Å². The lowest BCUT2D eigenvalue weighted by atomic mass is 10.5. The summed E-state index contributed by atoms with van der Waals surface area (Å²) in [5.41, 5.74) is 0. The summed E-state index contributed by atoms with van der Waals surface area (Å²) in [7, 11) is 1.31. The average Bonchev–Trinajstić information content (AvgIpc) is 1.98. The minimum Gasteiger partial charge on any atom is -0.459 e. The highest BCUT2D eigenvalue weighted by atomic mass is 16.5. The first-order chi connectivity index (χ1) is 4.81. The molecule has 0 aliphatic heterocycles. The third-order valence-electron chi connectivity index (χ3n) is 0.839. The van der Waals surface area contributed by atoms with E-state index in [1.165, 1.54) is 7.11 Å². The standard InChI is InChI=1S/C7H11NO2/c1-3-8-6-4-5-7(9)10-2/h8H,3,6H2,1-2H3. The maximum atomic E-state index is 10.4. The van der Waals surface area contributed by atoms with Crippen molar-refractivity contribution < 1.29 is 9.53 Å². The Morgan fingerprint density at radius 3 is 2.90 bits per heavy atom. The van der Waals surface area contributed by atoms with E-state index >= 15 is 0 Å². The van der Waals surface area contributed by atoms with Gasteiger partial charge in [-0.2, -0.15) is 0 Å². The van der Waals surface area contributed by atoms with Crippen LogP contribution in [0.5, 0.6) is 0 Å². The summed E-state index contributed by atoms with van der Waals surface area (Å²) in [6, 6.07) is 0. The molecule has 3 nitrogen and oxygen atoms in total. The van der Waals surface area contributed by atoms with E-state index < -0.39 is 5.97 Å². The van der Waals surface area contributed by atoms with Crippen LogP contribution in [0.3, 0.4) is 0 Å². The van der Waals surface area contributed by atoms with E-state index in [2.05, 4.69) is 21.9 Å². The lowest BCUT2D eigenvalue weighted by Crippen LogP contribution is -2.12. The Hall–Kier alpha value is -1.01. The maximum Gasteiger partial charge on any atom is 0.384 e. The molecule has 3 heteroatoms. The molecule has 0 aliphatic carbocycles. The summed E-state index contributed by atoms with van der Waals surface area (Å²) >= 11 is 0. The van der Waals surface area contributed by atoms with E-state index in [0.29, 0.717) is 6.54 Å². The third kappa shape index (κ3) is 5.13. The van der Waals surface area contributed by atoms with Crippen molar-refractivity contribution in [2.24, 2.45) is 0 Å². The number of esters is 1. The van der Waals surface area contributed by atoms with Gasteiger partial charge in [-0.05, 0) is 6.54 Å². The molecule has 56 valence electrons. The quantitative estimate of drug-likeness (QED) is 0.250. The van der Waals surface area contributed by atoms with Crippen LogP contribution >= 0.6 is 0 Å². The SMILES string of the molecule is CCNCC#CC(=O)OC. The molecule has 1 N–H and O–H groups in total. The normalized spacial score (nSPS) is 7.80. The summed E-state index contributed by atoms with van der Waals surface area (Å²) in [6.45, 7) is 3.36. The van der Waals surface area contributed by atoms with Gasteiger partial charge in [-0.15, -0.1) is 0 Å². The average molecular weight is 141 g/mol. The van der Waals surface area contributed by atoms with Crippen LogP contribution in [0, 0.1) is 11.8 Å². The highest BCUT2D eigenvalue weighted by Gasteiger charge is 1.86. The summed E-state index contributed by atoms with van der Waals surface area (Å²) in [4.78, 5) is 10.4. The van der Waals surface area contributed by atoms with E-state index in [1.807, 2.05) is 6.92 Å². The molecule has 0 aromatic rings. The zero-order valence-electron chi connectivity index (χ0n) is 6.23. The third-order valence-corrected chi connectivity index (χ3v) is 0.839. The smallest absolute Gasteiger partial charge is 0.384 e. The predicted octanol–water partition coefficient (Wildman–Crippen LogP) is -0.228. The second-order valence-electron chi connectivity index (χ2n) is 1.57. The lowest BCUT2D eigenvalue weighted by Gasteiger charge is -1.88. The summed E-state index contributed by atoms with van der Waals surface area (Å²) < 4.78 is 4.29. The molecule has 0 atom stereocenters. The van der Waals surface area contributed by atoms with E-state index in [4.69, 9.17) is 0 Å². The molecule has 0 rings (SSSR count). The first-order valence-electron chi connectivity index (χ1n) is 3.08. The largest absolute Gasteiger partial charge is 0.459 e. The number of hydrogen-bond acceptors (Lipinski definition) is 3. The molecule has 10 heavy (non-hydrogen) atoms. The Balaban J connectivity index is 3.39. The summed E-state index contributed by atoms with van der Waals surface area (Å²) in [5.74, 6) is 4.41. The second kappa shape index (κ2) is 6.12. The number of methoxy groups -OCH3 is 1. The van der Waals surface area contributed by atoms with Crippen molar-refractivity contribution in [2.75, 3.05) is 20.2 Å². The highest BCUT2D eigenvalue weighted by Crippen LogP contribution is 1.66. The monoisotopic (exact) mass is 141 g/mol. The molecule has 0 aromatic heterocycles. The molecule has 0 radical (unpaired) electrons. The van der Waals surface area contributed by atoms with Crippen molar-refractivity contribution in [1.29, 1.82) is 0 Å². The molecule has 0 fully saturated rings.